The SMILES string of the molecule is CC[C@H]1CCC[C@H](O[C@H]2CC[C@H](NC)[C@@H](C)O2)[C@@H](C)C(=O)C2=C[C@@H]3C(c4nc(C(C)C)sc4C4C[C@@H](O[C@@H]5O[C@@H](C)[C@H](OC)[C@@H](OC)[C@H]5OC)C[C@H]43)[C@@H]2CC(=O)O1. The van der Waals surface area contributed by atoms with E-state index >= 15 is 4.79 Å². The van der Waals surface area contributed by atoms with E-state index in [2.05, 4.69) is 39.1 Å². The van der Waals surface area contributed by atoms with E-state index in [0.29, 0.717) is 6.42 Å². The quantitative estimate of drug-likeness (QED) is 0.249. The van der Waals surface area contributed by atoms with Crippen molar-refractivity contribution in [1.29, 1.82) is 0 Å². The van der Waals surface area contributed by atoms with Crippen LogP contribution in [0.1, 0.15) is 133 Å². The van der Waals surface area contributed by atoms with Crippen LogP contribution < -0.4 is 5.32 Å². The minimum atomic E-state index is -0.632. The van der Waals surface area contributed by atoms with Gasteiger partial charge in [-0.05, 0) is 89.7 Å². The molecule has 0 spiro atoms. The molecule has 3 aliphatic heterocycles. The Morgan fingerprint density at radius 1 is 0.912 bits per heavy atom. The number of likely N-dealkylation sites (N-methyl/N-ethyl adjacent to an activating group) is 1. The van der Waals surface area contributed by atoms with Crippen LogP contribution in [-0.4, -0.2) is 113 Å². The molecule has 13 heteroatoms. The number of allylic oxidation sites excluding steroid dienone is 2. The van der Waals surface area contributed by atoms with Crippen molar-refractivity contribution < 1.29 is 47.5 Å². The molecule has 4 heterocycles. The lowest BCUT2D eigenvalue weighted by atomic mass is 9.67. The number of hydrogen-bond donors (Lipinski definition) is 1. The number of hydrogen-bond acceptors (Lipinski definition) is 13. The van der Waals surface area contributed by atoms with E-state index < -0.39 is 18.3 Å². The molecular formula is C44H68N2O10S. The summed E-state index contributed by atoms with van der Waals surface area (Å²) in [7, 11) is 6.96. The number of nitrogens with zero attached hydrogens (tertiary/aromatic N) is 1. The van der Waals surface area contributed by atoms with Crippen LogP contribution in [0.2, 0.25) is 0 Å². The highest BCUT2D eigenvalue weighted by Crippen LogP contribution is 2.62. The van der Waals surface area contributed by atoms with Crippen LogP contribution in [0, 0.1) is 23.7 Å². The lowest BCUT2D eigenvalue weighted by molar-refractivity contribution is -0.314. The Morgan fingerprint density at radius 3 is 2.33 bits per heavy atom. The Kier molecular flexibility index (Phi) is 14.0. The molecule has 4 fully saturated rings. The number of esters is 1. The van der Waals surface area contributed by atoms with E-state index in [1.54, 1.807) is 32.7 Å². The lowest BCUT2D eigenvalue weighted by Crippen LogP contribution is -2.59. The highest BCUT2D eigenvalue weighted by atomic mass is 32.1. The van der Waals surface area contributed by atoms with Gasteiger partial charge >= 0.3 is 5.97 Å². The van der Waals surface area contributed by atoms with Crippen LogP contribution in [0.3, 0.4) is 0 Å². The Labute approximate surface area is 343 Å². The monoisotopic (exact) mass is 816 g/mol. The first-order valence-corrected chi connectivity index (χ1v) is 22.6. The third-order valence-corrected chi connectivity index (χ3v) is 15.7. The summed E-state index contributed by atoms with van der Waals surface area (Å²) in [5.41, 5.74) is 1.78. The lowest BCUT2D eigenvalue weighted by Gasteiger charge is -2.44. The summed E-state index contributed by atoms with van der Waals surface area (Å²) in [5.74, 6) is -0.365. The zero-order valence-corrected chi connectivity index (χ0v) is 36.6. The number of cyclic esters (lactones) is 1. The molecule has 0 radical (unpaired) electrons. The minimum absolute atomic E-state index is 0.00673. The molecule has 6 aliphatic rings. The Bertz CT molecular complexity index is 1590. The van der Waals surface area contributed by atoms with Crippen molar-refractivity contribution in [3.63, 3.8) is 0 Å². The van der Waals surface area contributed by atoms with E-state index in [9.17, 15) is 4.79 Å². The second-order valence-corrected chi connectivity index (χ2v) is 18.9. The zero-order chi connectivity index (χ0) is 40.7. The van der Waals surface area contributed by atoms with Gasteiger partial charge in [0.1, 0.15) is 24.4 Å². The van der Waals surface area contributed by atoms with Gasteiger partial charge in [-0.15, -0.1) is 11.3 Å². The van der Waals surface area contributed by atoms with E-state index in [4.69, 9.17) is 42.9 Å². The van der Waals surface area contributed by atoms with Crippen LogP contribution in [0.15, 0.2) is 11.6 Å². The molecule has 3 aliphatic carbocycles. The van der Waals surface area contributed by atoms with Crippen LogP contribution in [-0.2, 0) is 47.5 Å². The molecule has 17 atom stereocenters. The molecule has 7 rings (SSSR count). The number of carbonyl (C=O) groups excluding carboxylic acids is 2. The van der Waals surface area contributed by atoms with E-state index in [-0.39, 0.29) is 109 Å². The molecule has 12 nitrogen and oxygen atoms in total. The predicted molar refractivity (Wildman–Crippen MR) is 215 cm³/mol. The van der Waals surface area contributed by atoms with Gasteiger partial charge < -0.3 is 43.2 Å². The maximum Gasteiger partial charge on any atom is 0.306 e. The fourth-order valence-corrected chi connectivity index (χ4v) is 12.4. The number of aromatic nitrogens is 1. The van der Waals surface area contributed by atoms with Crippen LogP contribution in [0.25, 0.3) is 0 Å². The van der Waals surface area contributed by atoms with Gasteiger partial charge in [0.15, 0.2) is 18.4 Å². The zero-order valence-electron chi connectivity index (χ0n) is 35.8. The first-order valence-electron chi connectivity index (χ1n) is 21.7. The standard InChI is InChI=1S/C44H68N2O10S/c1-11-25-13-12-14-33(56-35-16-15-32(45-7)23(5)52-35)22(4)38(48)30-19-28-27-17-26(55-44-41(51-10)40(50-9)39(49-8)24(6)53-44)18-31(27)42-37(46-43(57-42)21(2)3)36(28)29(30)20-34(47)54-25/h19,21-29,31-33,35-36,39-41,44-45H,11-18,20H2,1-10H3/t22-,23-,24+,25+,26+,27+,28+,29-,31?,32+,33+,35+,36?,39+,40-,41-,44+/m1/s1. The van der Waals surface area contributed by atoms with Gasteiger partial charge in [-0.3, -0.25) is 9.59 Å². The first kappa shape index (κ1) is 43.3. The Morgan fingerprint density at radius 2 is 1.67 bits per heavy atom. The van der Waals surface area contributed by atoms with Crippen molar-refractivity contribution in [1.82, 2.24) is 10.3 Å². The van der Waals surface area contributed by atoms with Crippen molar-refractivity contribution >= 4 is 23.1 Å². The van der Waals surface area contributed by atoms with Crippen molar-refractivity contribution in [2.75, 3.05) is 28.4 Å². The average Bonchev–Trinajstić information content (AvgIpc) is 3.91. The topological polar surface area (TPSA) is 133 Å². The minimum Gasteiger partial charge on any atom is -0.462 e. The van der Waals surface area contributed by atoms with Gasteiger partial charge in [0.2, 0.25) is 0 Å². The summed E-state index contributed by atoms with van der Waals surface area (Å²) in [6.45, 7) is 12.5. The molecule has 0 aromatic carbocycles. The van der Waals surface area contributed by atoms with Gasteiger partial charge in [0, 0.05) is 61.8 Å². The van der Waals surface area contributed by atoms with Gasteiger partial charge in [-0.1, -0.05) is 33.8 Å². The first-order chi connectivity index (χ1) is 27.4. The van der Waals surface area contributed by atoms with E-state index in [1.165, 1.54) is 4.88 Å². The molecule has 57 heavy (non-hydrogen) atoms. The highest BCUT2D eigenvalue weighted by Gasteiger charge is 2.57. The molecule has 3 saturated heterocycles. The molecule has 0 bridgehead atoms. The predicted octanol–water partition coefficient (Wildman–Crippen LogP) is 6.80. The second kappa shape index (κ2) is 18.4. The number of ether oxygens (including phenoxy) is 8. The normalized spacial score (nSPS) is 42.6. The maximum atomic E-state index is 15.0. The summed E-state index contributed by atoms with van der Waals surface area (Å²) in [5, 5.41) is 4.44. The summed E-state index contributed by atoms with van der Waals surface area (Å²) in [6.07, 6.45) is 5.65. The van der Waals surface area contributed by atoms with Crippen molar-refractivity contribution in [2.45, 2.75) is 185 Å². The highest BCUT2D eigenvalue weighted by molar-refractivity contribution is 7.12. The summed E-state index contributed by atoms with van der Waals surface area (Å²) in [4.78, 5) is 35.6. The average molecular weight is 817 g/mol. The summed E-state index contributed by atoms with van der Waals surface area (Å²) < 4.78 is 50.2. The van der Waals surface area contributed by atoms with Gasteiger partial charge in [0.25, 0.3) is 0 Å². The number of nitrogens with one attached hydrogen (secondary N) is 1. The van der Waals surface area contributed by atoms with Crippen molar-refractivity contribution in [3.8, 4) is 0 Å². The molecule has 1 aromatic rings. The van der Waals surface area contributed by atoms with Crippen LogP contribution in [0.5, 0.6) is 0 Å². The van der Waals surface area contributed by atoms with Crippen molar-refractivity contribution in [2.24, 2.45) is 23.7 Å². The van der Waals surface area contributed by atoms with E-state index in [1.807, 2.05) is 20.9 Å². The summed E-state index contributed by atoms with van der Waals surface area (Å²) in [6, 6.07) is 0.273. The van der Waals surface area contributed by atoms with Crippen LogP contribution >= 0.6 is 11.3 Å². The van der Waals surface area contributed by atoms with Gasteiger partial charge in [0.05, 0.1) is 41.5 Å². The number of fused-ring (bicyclic) bond motifs is 8. The van der Waals surface area contributed by atoms with Gasteiger partial charge in [-0.2, -0.15) is 0 Å². The third kappa shape index (κ3) is 8.58. The molecular weight excluding hydrogens is 749 g/mol. The largest absolute Gasteiger partial charge is 0.462 e. The number of rotatable bonds is 10. The fourth-order valence-electron chi connectivity index (χ4n) is 11.0. The number of methoxy groups -OCH3 is 3. The third-order valence-electron chi connectivity index (χ3n) is 14.2. The number of Topliss-reactive ketones (excluding diaryl/α,β-unsaturated/α-hetero) is 1. The molecule has 1 N–H and O–H groups in total. The number of ketones is 1. The fraction of sp³-hybridized carbons (Fsp3) is 0.841. The molecule has 0 amide bonds. The molecule has 320 valence electrons. The second-order valence-electron chi connectivity index (χ2n) is 17.8. The summed E-state index contributed by atoms with van der Waals surface area (Å²) >= 11 is 1.80. The smallest absolute Gasteiger partial charge is 0.306 e. The maximum absolute atomic E-state index is 15.0. The van der Waals surface area contributed by atoms with E-state index in [0.717, 1.165) is 61.2 Å². The Balaban J connectivity index is 1.21. The molecule has 1 saturated carbocycles. The molecule has 2 unspecified atom stereocenters. The van der Waals surface area contributed by atoms with Crippen molar-refractivity contribution in [3.05, 3.63) is 27.2 Å². The number of carbonyl (C=O) groups is 2. The number of thiazole rings is 1. The Hall–Kier alpha value is -1.81. The van der Waals surface area contributed by atoms with Gasteiger partial charge in [-0.25, -0.2) is 4.98 Å². The molecule has 1 aromatic heterocycles. The van der Waals surface area contributed by atoms with Crippen LogP contribution in [0.4, 0.5) is 0 Å².